The Morgan fingerprint density at radius 1 is 1.00 bits per heavy atom. The lowest BCUT2D eigenvalue weighted by atomic mass is 9.94. The number of benzene rings is 2. The van der Waals surface area contributed by atoms with Gasteiger partial charge < -0.3 is 9.80 Å². The van der Waals surface area contributed by atoms with Crippen molar-refractivity contribution in [3.63, 3.8) is 0 Å². The Hall–Kier alpha value is -3.81. The van der Waals surface area contributed by atoms with Crippen LogP contribution in [0.1, 0.15) is 24.0 Å². The van der Waals surface area contributed by atoms with Gasteiger partial charge in [-0.15, -0.1) is 14.8 Å². The summed E-state index contributed by atoms with van der Waals surface area (Å²) in [6.07, 6.45) is 1.57. The fraction of sp³-hybridized carbons (Fsp3) is 0.292. The number of hydrogen-bond acceptors (Lipinski definition) is 6. The smallest absolute Gasteiger partial charge is 0.230 e. The Kier molecular flexibility index (Phi) is 5.49. The zero-order chi connectivity index (χ0) is 21.9. The number of piperidine rings is 1. The lowest BCUT2D eigenvalue weighted by molar-refractivity contribution is -0.123. The number of rotatable bonds is 5. The topological polar surface area (TPSA) is 79.5 Å². The summed E-state index contributed by atoms with van der Waals surface area (Å²) in [5.41, 5.74) is 3.87. The van der Waals surface area contributed by atoms with E-state index < -0.39 is 0 Å². The number of amides is 1. The average molecular weight is 428 g/mol. The molecule has 0 N–H and O–H groups in total. The molecule has 0 spiro atoms. The van der Waals surface area contributed by atoms with Crippen LogP contribution in [-0.2, 0) is 11.3 Å². The Morgan fingerprint density at radius 3 is 2.50 bits per heavy atom. The van der Waals surface area contributed by atoms with Crippen molar-refractivity contribution in [1.29, 1.82) is 0 Å². The molecule has 162 valence electrons. The summed E-state index contributed by atoms with van der Waals surface area (Å²) in [5, 5.41) is 15.9. The van der Waals surface area contributed by atoms with Crippen molar-refractivity contribution < 1.29 is 4.79 Å². The molecule has 32 heavy (non-hydrogen) atoms. The molecule has 0 atom stereocenters. The van der Waals surface area contributed by atoms with E-state index in [1.165, 1.54) is 10.2 Å². The molecule has 8 heteroatoms. The number of anilines is 2. The predicted molar refractivity (Wildman–Crippen MR) is 122 cm³/mol. The first-order valence-electron chi connectivity index (χ1n) is 10.9. The van der Waals surface area contributed by atoms with Gasteiger partial charge in [0.05, 0.1) is 6.54 Å². The molecule has 1 amide bonds. The summed E-state index contributed by atoms with van der Waals surface area (Å²) < 4.78 is 1.44. The van der Waals surface area contributed by atoms with E-state index in [1.54, 1.807) is 0 Å². The molecule has 0 unspecified atom stereocenters. The standard InChI is InChI=1S/C24H25N7O/c1-18-7-9-21(10-8-18)30(17-19-5-3-2-4-6-19)24(32)20-13-15-29(16-14-20)23-12-11-22-25-27-28-31(22)26-23/h2-12,20H,13-17H2,1H3. The molecule has 1 saturated heterocycles. The van der Waals surface area contributed by atoms with E-state index in [0.717, 1.165) is 43.0 Å². The maximum absolute atomic E-state index is 13.6. The van der Waals surface area contributed by atoms with Crippen LogP contribution in [0.15, 0.2) is 66.7 Å². The lowest BCUT2D eigenvalue weighted by Gasteiger charge is -2.35. The largest absolute Gasteiger partial charge is 0.355 e. The second-order valence-corrected chi connectivity index (χ2v) is 8.22. The summed E-state index contributed by atoms with van der Waals surface area (Å²) in [7, 11) is 0. The normalized spacial score (nSPS) is 14.6. The second kappa shape index (κ2) is 8.74. The van der Waals surface area contributed by atoms with E-state index in [0.29, 0.717) is 12.2 Å². The highest BCUT2D eigenvalue weighted by atomic mass is 16.2. The van der Waals surface area contributed by atoms with Crippen molar-refractivity contribution in [3.05, 3.63) is 77.9 Å². The van der Waals surface area contributed by atoms with Gasteiger partial charge in [-0.2, -0.15) is 0 Å². The van der Waals surface area contributed by atoms with Crippen LogP contribution in [0, 0.1) is 12.8 Å². The second-order valence-electron chi connectivity index (χ2n) is 8.22. The summed E-state index contributed by atoms with van der Waals surface area (Å²) in [5.74, 6) is 0.990. The maximum atomic E-state index is 13.6. The van der Waals surface area contributed by atoms with E-state index in [2.05, 4.69) is 56.7 Å². The first-order valence-corrected chi connectivity index (χ1v) is 10.9. The molecule has 2 aromatic carbocycles. The molecule has 0 bridgehead atoms. The van der Waals surface area contributed by atoms with Crippen LogP contribution in [0.4, 0.5) is 11.5 Å². The third kappa shape index (κ3) is 4.16. The molecule has 1 fully saturated rings. The first-order chi connectivity index (χ1) is 15.7. The van der Waals surface area contributed by atoms with Gasteiger partial charge in [0.1, 0.15) is 0 Å². The molecule has 0 aliphatic carbocycles. The Balaban J connectivity index is 1.31. The van der Waals surface area contributed by atoms with E-state index >= 15 is 0 Å². The van der Waals surface area contributed by atoms with Gasteiger partial charge in [0, 0.05) is 24.7 Å². The van der Waals surface area contributed by atoms with Crippen LogP contribution >= 0.6 is 0 Å². The zero-order valence-electron chi connectivity index (χ0n) is 18.0. The van der Waals surface area contributed by atoms with Crippen molar-refractivity contribution in [2.45, 2.75) is 26.3 Å². The molecule has 0 radical (unpaired) electrons. The number of carbonyl (C=O) groups excluding carboxylic acids is 1. The Bertz CT molecular complexity index is 1200. The van der Waals surface area contributed by atoms with E-state index in [-0.39, 0.29) is 11.8 Å². The molecule has 0 saturated carbocycles. The average Bonchev–Trinajstić information content (AvgIpc) is 3.32. The maximum Gasteiger partial charge on any atom is 0.230 e. The van der Waals surface area contributed by atoms with Crippen LogP contribution in [0.5, 0.6) is 0 Å². The molecular formula is C24H25N7O. The highest BCUT2D eigenvalue weighted by molar-refractivity contribution is 5.95. The van der Waals surface area contributed by atoms with Crippen LogP contribution < -0.4 is 9.80 Å². The summed E-state index contributed by atoms with van der Waals surface area (Å²) in [6.45, 7) is 4.16. The van der Waals surface area contributed by atoms with Crippen molar-refractivity contribution in [3.8, 4) is 0 Å². The molecule has 2 aromatic heterocycles. The van der Waals surface area contributed by atoms with Crippen molar-refractivity contribution in [1.82, 2.24) is 25.3 Å². The minimum Gasteiger partial charge on any atom is -0.355 e. The van der Waals surface area contributed by atoms with E-state index in [9.17, 15) is 4.79 Å². The minimum atomic E-state index is -0.0203. The first kappa shape index (κ1) is 20.1. The molecule has 1 aliphatic rings. The number of nitrogens with zero attached hydrogens (tertiary/aromatic N) is 7. The fourth-order valence-electron chi connectivity index (χ4n) is 4.17. The van der Waals surface area contributed by atoms with Crippen molar-refractivity contribution in [2.24, 2.45) is 5.92 Å². The van der Waals surface area contributed by atoms with Gasteiger partial charge in [-0.05, 0) is 60.0 Å². The lowest BCUT2D eigenvalue weighted by Crippen LogP contribution is -2.43. The van der Waals surface area contributed by atoms with Crippen molar-refractivity contribution >= 4 is 23.1 Å². The van der Waals surface area contributed by atoms with E-state index in [4.69, 9.17) is 0 Å². The summed E-state index contributed by atoms with van der Waals surface area (Å²) in [4.78, 5) is 17.8. The zero-order valence-corrected chi connectivity index (χ0v) is 18.0. The van der Waals surface area contributed by atoms with Gasteiger partial charge in [0.2, 0.25) is 5.91 Å². The molecule has 3 heterocycles. The van der Waals surface area contributed by atoms with Crippen LogP contribution in [0.25, 0.3) is 5.65 Å². The van der Waals surface area contributed by atoms with Gasteiger partial charge in [0.15, 0.2) is 11.5 Å². The molecule has 5 rings (SSSR count). The molecule has 4 aromatic rings. The number of aryl methyl sites for hydroxylation is 1. The monoisotopic (exact) mass is 427 g/mol. The van der Waals surface area contributed by atoms with Crippen molar-refractivity contribution in [2.75, 3.05) is 22.9 Å². The number of fused-ring (bicyclic) bond motifs is 1. The highest BCUT2D eigenvalue weighted by Gasteiger charge is 2.30. The minimum absolute atomic E-state index is 0.0203. The quantitative estimate of drug-likeness (QED) is 0.486. The molecule has 8 nitrogen and oxygen atoms in total. The van der Waals surface area contributed by atoms with E-state index in [1.807, 2.05) is 47.4 Å². The summed E-state index contributed by atoms with van der Waals surface area (Å²) >= 11 is 0. The van der Waals surface area contributed by atoms with Gasteiger partial charge in [-0.25, -0.2) is 0 Å². The Morgan fingerprint density at radius 2 is 1.75 bits per heavy atom. The third-order valence-electron chi connectivity index (χ3n) is 6.02. The molecular weight excluding hydrogens is 402 g/mol. The number of hydrogen-bond donors (Lipinski definition) is 0. The number of carbonyl (C=O) groups is 1. The summed E-state index contributed by atoms with van der Waals surface area (Å²) in [6, 6.07) is 22.1. The third-order valence-corrected chi connectivity index (χ3v) is 6.02. The highest BCUT2D eigenvalue weighted by Crippen LogP contribution is 2.27. The van der Waals surface area contributed by atoms with Gasteiger partial charge in [0.25, 0.3) is 0 Å². The van der Waals surface area contributed by atoms with Gasteiger partial charge in [-0.1, -0.05) is 48.0 Å². The fourth-order valence-corrected chi connectivity index (χ4v) is 4.17. The van der Waals surface area contributed by atoms with Crippen LogP contribution in [0.3, 0.4) is 0 Å². The van der Waals surface area contributed by atoms with Crippen LogP contribution in [0.2, 0.25) is 0 Å². The Labute approximate surface area is 186 Å². The predicted octanol–water partition coefficient (Wildman–Crippen LogP) is 3.28. The SMILES string of the molecule is Cc1ccc(N(Cc2ccccc2)C(=O)C2CCN(c3ccc4nnnn4n3)CC2)cc1. The number of tetrazole rings is 1. The van der Waals surface area contributed by atoms with Crippen LogP contribution in [-0.4, -0.2) is 44.3 Å². The number of aromatic nitrogens is 5. The van der Waals surface area contributed by atoms with Gasteiger partial charge in [-0.3, -0.25) is 4.79 Å². The van der Waals surface area contributed by atoms with Gasteiger partial charge >= 0.3 is 0 Å². The molecule has 1 aliphatic heterocycles.